The van der Waals surface area contributed by atoms with Gasteiger partial charge in [-0.3, -0.25) is 9.78 Å². The molecule has 1 saturated carbocycles. The average Bonchev–Trinajstić information content (AvgIpc) is 2.92. The number of aliphatic hydroxyl groups excluding tert-OH is 1. The fourth-order valence-electron chi connectivity index (χ4n) is 2.86. The maximum Gasteiger partial charge on any atom is 0.253 e. The van der Waals surface area contributed by atoms with Gasteiger partial charge in [-0.25, -0.2) is 4.39 Å². The van der Waals surface area contributed by atoms with Crippen LogP contribution in [0.25, 0.3) is 0 Å². The number of rotatable bonds is 5. The van der Waals surface area contributed by atoms with E-state index in [1.807, 2.05) is 11.5 Å². The van der Waals surface area contributed by atoms with Crippen molar-refractivity contribution in [3.63, 3.8) is 0 Å². The zero-order chi connectivity index (χ0) is 16.4. The molecule has 2 aromatic rings. The molecule has 0 spiro atoms. The number of pyridine rings is 1. The number of hydrogen-bond acceptors (Lipinski definition) is 5. The van der Waals surface area contributed by atoms with Gasteiger partial charge in [0.25, 0.3) is 5.91 Å². The summed E-state index contributed by atoms with van der Waals surface area (Å²) in [6, 6.07) is 1.19. The van der Waals surface area contributed by atoms with E-state index in [9.17, 15) is 14.3 Å². The molecule has 0 saturated heterocycles. The summed E-state index contributed by atoms with van der Waals surface area (Å²) in [5.74, 6) is 0.749. The van der Waals surface area contributed by atoms with Crippen molar-refractivity contribution in [1.82, 2.24) is 25.1 Å². The fraction of sp³-hybridized carbons (Fsp3) is 0.467. The third-order valence-corrected chi connectivity index (χ3v) is 4.12. The lowest BCUT2D eigenvalue weighted by molar-refractivity contribution is 0.0906. The number of nitrogens with zero attached hydrogens (tertiary/aromatic N) is 4. The molecule has 7 nitrogen and oxygen atoms in total. The molecule has 0 bridgehead atoms. The molecule has 1 fully saturated rings. The van der Waals surface area contributed by atoms with Crippen molar-refractivity contribution in [2.75, 3.05) is 0 Å². The van der Waals surface area contributed by atoms with Gasteiger partial charge in [0, 0.05) is 24.7 Å². The monoisotopic (exact) mass is 319 g/mol. The second-order valence-electron chi connectivity index (χ2n) is 5.61. The highest BCUT2D eigenvalue weighted by Crippen LogP contribution is 2.36. The second kappa shape index (κ2) is 6.41. The first-order chi connectivity index (χ1) is 11.1. The van der Waals surface area contributed by atoms with E-state index in [4.69, 9.17) is 0 Å². The van der Waals surface area contributed by atoms with Crippen LogP contribution in [-0.4, -0.2) is 36.8 Å². The molecule has 1 amide bonds. The van der Waals surface area contributed by atoms with E-state index in [2.05, 4.69) is 20.5 Å². The summed E-state index contributed by atoms with van der Waals surface area (Å²) < 4.78 is 15.0. The summed E-state index contributed by atoms with van der Waals surface area (Å²) >= 11 is 0. The van der Waals surface area contributed by atoms with Gasteiger partial charge in [0.2, 0.25) is 0 Å². The molecule has 1 aliphatic rings. The van der Waals surface area contributed by atoms with Gasteiger partial charge in [0.15, 0.2) is 5.82 Å². The first kappa shape index (κ1) is 15.5. The highest BCUT2D eigenvalue weighted by atomic mass is 19.1. The Labute approximate surface area is 132 Å². The third kappa shape index (κ3) is 3.07. The van der Waals surface area contributed by atoms with Crippen LogP contribution < -0.4 is 5.32 Å². The van der Waals surface area contributed by atoms with Gasteiger partial charge in [-0.05, 0) is 25.8 Å². The molecule has 0 radical (unpaired) electrons. The third-order valence-electron chi connectivity index (χ3n) is 4.12. The van der Waals surface area contributed by atoms with Gasteiger partial charge >= 0.3 is 0 Å². The summed E-state index contributed by atoms with van der Waals surface area (Å²) in [4.78, 5) is 15.7. The fourth-order valence-corrected chi connectivity index (χ4v) is 2.86. The molecule has 8 heteroatoms. The van der Waals surface area contributed by atoms with E-state index in [1.165, 1.54) is 12.3 Å². The Morgan fingerprint density at radius 1 is 1.43 bits per heavy atom. The minimum atomic E-state index is -0.531. The molecule has 2 N–H and O–H groups in total. The van der Waals surface area contributed by atoms with E-state index < -0.39 is 5.82 Å². The molecule has 2 aromatic heterocycles. The summed E-state index contributed by atoms with van der Waals surface area (Å²) in [6.45, 7) is 2.53. The van der Waals surface area contributed by atoms with Crippen molar-refractivity contribution in [3.05, 3.63) is 41.5 Å². The lowest BCUT2D eigenvalue weighted by Gasteiger charge is -2.35. The standard InChI is InChI=1S/C15H18FN5O2/c1-2-21-13(8-22)19-20-14(21)9-4-12(5-9)18-15(23)10-3-11(16)7-17-6-10/h3,6-7,9,12,22H,2,4-5,8H2,1H3,(H,18,23). The summed E-state index contributed by atoms with van der Waals surface area (Å²) in [5, 5.41) is 20.2. The quantitative estimate of drug-likeness (QED) is 0.857. The Hall–Kier alpha value is -2.35. The Balaban J connectivity index is 1.59. The number of aliphatic hydroxyl groups is 1. The van der Waals surface area contributed by atoms with Gasteiger partial charge in [0.05, 0.1) is 11.8 Å². The zero-order valence-corrected chi connectivity index (χ0v) is 12.7. The predicted molar refractivity (Wildman–Crippen MR) is 79.0 cm³/mol. The molecule has 0 unspecified atom stereocenters. The van der Waals surface area contributed by atoms with E-state index >= 15 is 0 Å². The first-order valence-corrected chi connectivity index (χ1v) is 7.56. The lowest BCUT2D eigenvalue weighted by atomic mass is 9.79. The van der Waals surface area contributed by atoms with Crippen molar-refractivity contribution >= 4 is 5.91 Å². The van der Waals surface area contributed by atoms with Crippen LogP contribution in [0.4, 0.5) is 4.39 Å². The van der Waals surface area contributed by atoms with Crippen LogP contribution in [-0.2, 0) is 13.2 Å². The minimum Gasteiger partial charge on any atom is -0.388 e. The van der Waals surface area contributed by atoms with E-state index in [0.717, 1.165) is 24.9 Å². The number of hydrogen-bond donors (Lipinski definition) is 2. The van der Waals surface area contributed by atoms with Crippen LogP contribution in [0.15, 0.2) is 18.5 Å². The lowest BCUT2D eigenvalue weighted by Crippen LogP contribution is -2.44. The Kier molecular flexibility index (Phi) is 4.33. The number of carbonyl (C=O) groups is 1. The Bertz CT molecular complexity index is 712. The topological polar surface area (TPSA) is 92.9 Å². The maximum absolute atomic E-state index is 13.1. The van der Waals surface area contributed by atoms with E-state index in [-0.39, 0.29) is 30.0 Å². The number of amides is 1. The molecule has 0 aliphatic heterocycles. The molecule has 0 aromatic carbocycles. The van der Waals surface area contributed by atoms with Crippen molar-refractivity contribution < 1.29 is 14.3 Å². The molecule has 3 rings (SSSR count). The molecular weight excluding hydrogens is 301 g/mol. The smallest absolute Gasteiger partial charge is 0.253 e. The summed E-state index contributed by atoms with van der Waals surface area (Å²) in [6.07, 6.45) is 3.90. The molecule has 0 atom stereocenters. The Morgan fingerprint density at radius 3 is 2.87 bits per heavy atom. The summed E-state index contributed by atoms with van der Waals surface area (Å²) in [7, 11) is 0. The van der Waals surface area contributed by atoms with Crippen LogP contribution in [0, 0.1) is 5.82 Å². The number of nitrogens with one attached hydrogen (secondary N) is 1. The predicted octanol–water partition coefficient (Wildman–Crippen LogP) is 1.00. The molecule has 2 heterocycles. The molecule has 23 heavy (non-hydrogen) atoms. The van der Waals surface area contributed by atoms with Crippen LogP contribution in [0.3, 0.4) is 0 Å². The van der Waals surface area contributed by atoms with Crippen molar-refractivity contribution in [2.45, 2.75) is 44.9 Å². The molecular formula is C15H18FN5O2. The molecule has 122 valence electrons. The van der Waals surface area contributed by atoms with Crippen molar-refractivity contribution in [2.24, 2.45) is 0 Å². The number of aromatic nitrogens is 4. The normalized spacial score (nSPS) is 20.1. The van der Waals surface area contributed by atoms with Gasteiger partial charge in [-0.2, -0.15) is 0 Å². The Morgan fingerprint density at radius 2 is 2.22 bits per heavy atom. The number of halogens is 1. The van der Waals surface area contributed by atoms with Crippen LogP contribution in [0.1, 0.15) is 47.7 Å². The second-order valence-corrected chi connectivity index (χ2v) is 5.61. The largest absolute Gasteiger partial charge is 0.388 e. The molecule has 1 aliphatic carbocycles. The minimum absolute atomic E-state index is 0.0235. The average molecular weight is 319 g/mol. The van der Waals surface area contributed by atoms with Gasteiger partial charge in [0.1, 0.15) is 18.2 Å². The van der Waals surface area contributed by atoms with Gasteiger partial charge < -0.3 is 15.0 Å². The highest BCUT2D eigenvalue weighted by Gasteiger charge is 2.35. The first-order valence-electron chi connectivity index (χ1n) is 7.56. The van der Waals surface area contributed by atoms with Gasteiger partial charge in [-0.15, -0.1) is 10.2 Å². The van der Waals surface area contributed by atoms with Crippen LogP contribution >= 0.6 is 0 Å². The maximum atomic E-state index is 13.1. The summed E-state index contributed by atoms with van der Waals surface area (Å²) in [5.41, 5.74) is 0.216. The highest BCUT2D eigenvalue weighted by molar-refractivity contribution is 5.94. The van der Waals surface area contributed by atoms with Gasteiger partial charge in [-0.1, -0.05) is 0 Å². The van der Waals surface area contributed by atoms with E-state index in [0.29, 0.717) is 12.4 Å². The zero-order valence-electron chi connectivity index (χ0n) is 12.7. The van der Waals surface area contributed by atoms with Crippen LogP contribution in [0.5, 0.6) is 0 Å². The number of carbonyl (C=O) groups excluding carboxylic acids is 1. The van der Waals surface area contributed by atoms with Crippen molar-refractivity contribution in [3.8, 4) is 0 Å². The van der Waals surface area contributed by atoms with E-state index in [1.54, 1.807) is 0 Å². The van der Waals surface area contributed by atoms with Crippen molar-refractivity contribution in [1.29, 1.82) is 0 Å². The van der Waals surface area contributed by atoms with Crippen LogP contribution in [0.2, 0.25) is 0 Å². The SMILES string of the molecule is CCn1c(CO)nnc1C1CC(NC(=O)c2cncc(F)c2)C1.